The van der Waals surface area contributed by atoms with Crippen LogP contribution in [0.2, 0.25) is 5.02 Å². The molecule has 4 heteroatoms. The topological polar surface area (TPSA) is 46.3 Å². The van der Waals surface area contributed by atoms with Gasteiger partial charge in [0, 0.05) is 23.9 Å². The largest absolute Gasteiger partial charge is 0.330 e. The summed E-state index contributed by atoms with van der Waals surface area (Å²) in [6, 6.07) is 7.83. The van der Waals surface area contributed by atoms with Crippen molar-refractivity contribution in [3.63, 3.8) is 0 Å². The first-order chi connectivity index (χ1) is 7.70. The Morgan fingerprint density at radius 1 is 1.38 bits per heavy atom. The van der Waals surface area contributed by atoms with E-state index in [0.717, 1.165) is 18.0 Å². The molecule has 3 nitrogen and oxygen atoms in total. The minimum atomic E-state index is 0.160. The van der Waals surface area contributed by atoms with Gasteiger partial charge in [-0.25, -0.2) is 0 Å². The highest BCUT2D eigenvalue weighted by Crippen LogP contribution is 2.27. The summed E-state index contributed by atoms with van der Waals surface area (Å²) in [5, 5.41) is 0.742. The molecule has 1 saturated heterocycles. The van der Waals surface area contributed by atoms with Gasteiger partial charge in [0.2, 0.25) is 5.91 Å². The zero-order valence-electron chi connectivity index (χ0n) is 9.03. The number of carbonyl (C=O) groups excluding carboxylic acids is 1. The maximum absolute atomic E-state index is 11.5. The maximum atomic E-state index is 11.5. The van der Waals surface area contributed by atoms with Gasteiger partial charge in [-0.2, -0.15) is 0 Å². The second kappa shape index (κ2) is 4.85. The lowest BCUT2D eigenvalue weighted by molar-refractivity contribution is -0.133. The number of hydrogen-bond acceptors (Lipinski definition) is 2. The van der Waals surface area contributed by atoms with Gasteiger partial charge in [0.15, 0.2) is 0 Å². The molecule has 0 aromatic heterocycles. The molecule has 1 atom stereocenters. The number of hydrogen-bond donors (Lipinski definition) is 1. The van der Waals surface area contributed by atoms with Crippen LogP contribution in [0.3, 0.4) is 0 Å². The third kappa shape index (κ3) is 2.36. The van der Waals surface area contributed by atoms with Crippen LogP contribution in [-0.2, 0) is 4.79 Å². The Balaban J connectivity index is 2.11. The number of nitrogens with zero attached hydrogens (tertiary/aromatic N) is 1. The third-order valence-corrected chi connectivity index (χ3v) is 3.31. The number of nitrogens with two attached hydrogens (primary N) is 1. The van der Waals surface area contributed by atoms with E-state index in [9.17, 15) is 4.79 Å². The number of benzene rings is 1. The van der Waals surface area contributed by atoms with Crippen LogP contribution in [0.4, 0.5) is 0 Å². The number of rotatable bonds is 2. The molecule has 86 valence electrons. The molecular formula is C12H15ClN2O. The molecule has 16 heavy (non-hydrogen) atoms. The molecule has 1 aromatic rings. The van der Waals surface area contributed by atoms with Gasteiger partial charge in [-0.1, -0.05) is 23.7 Å². The van der Waals surface area contributed by atoms with Crippen molar-refractivity contribution in [2.75, 3.05) is 13.2 Å². The van der Waals surface area contributed by atoms with Crippen molar-refractivity contribution in [1.29, 1.82) is 0 Å². The van der Waals surface area contributed by atoms with Crippen molar-refractivity contribution in [3.8, 4) is 0 Å². The van der Waals surface area contributed by atoms with Crippen molar-refractivity contribution >= 4 is 17.5 Å². The summed E-state index contributed by atoms with van der Waals surface area (Å²) < 4.78 is 0. The fraction of sp³-hybridized carbons (Fsp3) is 0.417. The molecule has 1 amide bonds. The molecule has 1 aromatic carbocycles. The molecule has 0 spiro atoms. The molecule has 1 heterocycles. The van der Waals surface area contributed by atoms with Crippen molar-refractivity contribution < 1.29 is 4.79 Å². The molecule has 1 fully saturated rings. The van der Waals surface area contributed by atoms with Gasteiger partial charge < -0.3 is 10.6 Å². The summed E-state index contributed by atoms with van der Waals surface area (Å²) in [5.74, 6) is 0.547. The fourth-order valence-corrected chi connectivity index (χ4v) is 2.22. The molecular weight excluding hydrogens is 224 g/mol. The van der Waals surface area contributed by atoms with Gasteiger partial charge in [-0.05, 0) is 24.1 Å². The van der Waals surface area contributed by atoms with Crippen LogP contribution in [0.5, 0.6) is 0 Å². The van der Waals surface area contributed by atoms with Gasteiger partial charge in [0.1, 0.15) is 0 Å². The predicted octanol–water partition coefficient (Wildman–Crippen LogP) is 1.96. The molecule has 1 unspecified atom stereocenters. The zero-order chi connectivity index (χ0) is 11.5. The van der Waals surface area contributed by atoms with Crippen LogP contribution in [0.1, 0.15) is 24.3 Å². The summed E-state index contributed by atoms with van der Waals surface area (Å²) in [6.07, 6.45) is 1.49. The Labute approximate surface area is 100 Å². The highest BCUT2D eigenvalue weighted by atomic mass is 35.5. The second-order valence-corrected chi connectivity index (χ2v) is 4.52. The van der Waals surface area contributed by atoms with Gasteiger partial charge >= 0.3 is 0 Å². The van der Waals surface area contributed by atoms with E-state index in [1.807, 2.05) is 24.3 Å². The maximum Gasteiger partial charge on any atom is 0.223 e. The molecule has 0 saturated carbocycles. The van der Waals surface area contributed by atoms with Crippen LogP contribution < -0.4 is 5.73 Å². The first-order valence-corrected chi connectivity index (χ1v) is 5.82. The van der Waals surface area contributed by atoms with E-state index in [1.165, 1.54) is 5.56 Å². The minimum Gasteiger partial charge on any atom is -0.330 e. The highest BCUT2D eigenvalue weighted by Gasteiger charge is 2.25. The number of halogens is 1. The van der Waals surface area contributed by atoms with Crippen LogP contribution in [0.15, 0.2) is 24.3 Å². The van der Waals surface area contributed by atoms with E-state index in [-0.39, 0.29) is 5.91 Å². The summed E-state index contributed by atoms with van der Waals surface area (Å²) in [4.78, 5) is 13.2. The Bertz CT molecular complexity index is 377. The number of likely N-dealkylation sites (tertiary alicyclic amines) is 1. The van der Waals surface area contributed by atoms with E-state index in [4.69, 9.17) is 17.3 Å². The van der Waals surface area contributed by atoms with Gasteiger partial charge in [0.25, 0.3) is 0 Å². The molecule has 1 aliphatic rings. The Morgan fingerprint density at radius 3 is 2.69 bits per heavy atom. The van der Waals surface area contributed by atoms with Crippen LogP contribution in [0, 0.1) is 0 Å². The smallest absolute Gasteiger partial charge is 0.223 e. The van der Waals surface area contributed by atoms with Crippen LogP contribution in [-0.4, -0.2) is 24.0 Å². The lowest BCUT2D eigenvalue weighted by Crippen LogP contribution is -2.42. The monoisotopic (exact) mass is 238 g/mol. The molecule has 2 rings (SSSR count). The SMILES string of the molecule is NCN1CC(c2ccc(Cl)cc2)CCC1=O. The Kier molecular flexibility index (Phi) is 3.46. The molecule has 0 aliphatic carbocycles. The average molecular weight is 239 g/mol. The minimum absolute atomic E-state index is 0.160. The second-order valence-electron chi connectivity index (χ2n) is 4.09. The van der Waals surface area contributed by atoms with Gasteiger partial charge in [-0.3, -0.25) is 4.79 Å². The van der Waals surface area contributed by atoms with E-state index < -0.39 is 0 Å². The summed E-state index contributed by atoms with van der Waals surface area (Å²) in [7, 11) is 0. The summed E-state index contributed by atoms with van der Waals surface area (Å²) in [5.41, 5.74) is 6.77. The predicted molar refractivity (Wildman–Crippen MR) is 64.2 cm³/mol. The summed E-state index contributed by atoms with van der Waals surface area (Å²) in [6.45, 7) is 1.03. The number of piperidine rings is 1. The third-order valence-electron chi connectivity index (χ3n) is 3.06. The first-order valence-electron chi connectivity index (χ1n) is 5.44. The quantitative estimate of drug-likeness (QED) is 0.856. The molecule has 0 bridgehead atoms. The highest BCUT2D eigenvalue weighted by molar-refractivity contribution is 6.30. The van der Waals surface area contributed by atoms with Crippen LogP contribution >= 0.6 is 11.6 Å². The van der Waals surface area contributed by atoms with Gasteiger partial charge in [-0.15, -0.1) is 0 Å². The molecule has 2 N–H and O–H groups in total. The van der Waals surface area contributed by atoms with Gasteiger partial charge in [0.05, 0.1) is 6.67 Å². The van der Waals surface area contributed by atoms with Crippen LogP contribution in [0.25, 0.3) is 0 Å². The van der Waals surface area contributed by atoms with Crippen molar-refractivity contribution in [1.82, 2.24) is 4.90 Å². The van der Waals surface area contributed by atoms with E-state index in [2.05, 4.69) is 0 Å². The summed E-state index contributed by atoms with van der Waals surface area (Å²) >= 11 is 5.85. The molecule has 0 radical (unpaired) electrons. The lowest BCUT2D eigenvalue weighted by Gasteiger charge is -2.31. The molecule has 1 aliphatic heterocycles. The van der Waals surface area contributed by atoms with Crippen molar-refractivity contribution in [2.24, 2.45) is 5.73 Å². The zero-order valence-corrected chi connectivity index (χ0v) is 9.78. The normalized spacial score (nSPS) is 21.2. The number of carbonyl (C=O) groups is 1. The van der Waals surface area contributed by atoms with E-state index in [1.54, 1.807) is 4.90 Å². The average Bonchev–Trinajstić information content (AvgIpc) is 2.31. The van der Waals surface area contributed by atoms with Crippen molar-refractivity contribution in [2.45, 2.75) is 18.8 Å². The van der Waals surface area contributed by atoms with E-state index >= 15 is 0 Å². The lowest BCUT2D eigenvalue weighted by atomic mass is 9.90. The fourth-order valence-electron chi connectivity index (χ4n) is 2.10. The Hall–Kier alpha value is -1.06. The van der Waals surface area contributed by atoms with E-state index in [0.29, 0.717) is 19.0 Å². The number of amides is 1. The standard InChI is InChI=1S/C12H15ClN2O/c13-11-4-1-9(2-5-11)10-3-6-12(16)15(7-10)8-14/h1-2,4-5,10H,3,6-8,14H2. The van der Waals surface area contributed by atoms with Crippen molar-refractivity contribution in [3.05, 3.63) is 34.9 Å². The Morgan fingerprint density at radius 2 is 2.06 bits per heavy atom. The first kappa shape index (κ1) is 11.4.